The first kappa shape index (κ1) is 19.2. The van der Waals surface area contributed by atoms with Gasteiger partial charge in [-0.05, 0) is 24.6 Å². The molecule has 7 nitrogen and oxygen atoms in total. The van der Waals surface area contributed by atoms with Crippen LogP contribution in [0.15, 0.2) is 29.3 Å². The summed E-state index contributed by atoms with van der Waals surface area (Å²) < 4.78 is 5.36. The molecule has 7 heteroatoms. The number of carbonyl (C=O) groups excluding carboxylic acids is 1. The summed E-state index contributed by atoms with van der Waals surface area (Å²) in [6.07, 6.45) is 0. The maximum Gasteiger partial charge on any atom is 0.251 e. The summed E-state index contributed by atoms with van der Waals surface area (Å²) in [6.45, 7) is 8.90. The van der Waals surface area contributed by atoms with Crippen LogP contribution in [0.1, 0.15) is 22.8 Å². The van der Waals surface area contributed by atoms with Crippen LogP contribution in [0.5, 0.6) is 0 Å². The summed E-state index contributed by atoms with van der Waals surface area (Å²) in [5.74, 6) is 0.735. The van der Waals surface area contributed by atoms with Crippen molar-refractivity contribution in [3.05, 3.63) is 35.4 Å². The van der Waals surface area contributed by atoms with Crippen LogP contribution in [-0.4, -0.2) is 69.8 Å². The number of ether oxygens (including phenoxy) is 1. The fourth-order valence-corrected chi connectivity index (χ4v) is 2.58. The van der Waals surface area contributed by atoms with Gasteiger partial charge in [-0.25, -0.2) is 4.99 Å². The Bertz CT molecular complexity index is 553. The van der Waals surface area contributed by atoms with E-state index in [1.165, 1.54) is 0 Å². The van der Waals surface area contributed by atoms with Gasteiger partial charge in [0.05, 0.1) is 19.8 Å². The molecule has 1 amide bonds. The van der Waals surface area contributed by atoms with Crippen LogP contribution >= 0.6 is 0 Å². The van der Waals surface area contributed by atoms with Gasteiger partial charge in [-0.3, -0.25) is 9.69 Å². The monoisotopic (exact) mass is 347 g/mol. The number of amides is 1. The first-order valence-electron chi connectivity index (χ1n) is 8.86. The first-order valence-corrected chi connectivity index (χ1v) is 8.86. The highest BCUT2D eigenvalue weighted by Crippen LogP contribution is 2.05. The van der Waals surface area contributed by atoms with Crippen molar-refractivity contribution in [1.29, 1.82) is 0 Å². The number of hydrogen-bond donors (Lipinski definition) is 3. The Morgan fingerprint density at radius 1 is 1.20 bits per heavy atom. The second kappa shape index (κ2) is 10.7. The van der Waals surface area contributed by atoms with E-state index < -0.39 is 0 Å². The SMILES string of the molecule is CCNC(=NCc1ccc(C(=O)NC)cc1)NCCN1CCOCC1. The standard InChI is InChI=1S/C18H29N5O2/c1-3-20-18(21-8-9-23-10-12-25-13-11-23)22-14-15-4-6-16(7-5-15)17(24)19-2/h4-7H,3,8-14H2,1-2H3,(H,19,24)(H2,20,21,22). The van der Waals surface area contributed by atoms with E-state index in [0.717, 1.165) is 57.5 Å². The van der Waals surface area contributed by atoms with Gasteiger partial charge in [-0.2, -0.15) is 0 Å². The molecule has 0 bridgehead atoms. The molecular formula is C18H29N5O2. The number of nitrogens with zero attached hydrogens (tertiary/aromatic N) is 2. The van der Waals surface area contributed by atoms with Crippen LogP contribution in [-0.2, 0) is 11.3 Å². The van der Waals surface area contributed by atoms with Crippen molar-refractivity contribution in [2.75, 3.05) is 53.0 Å². The molecule has 1 heterocycles. The van der Waals surface area contributed by atoms with E-state index in [2.05, 4.69) is 32.8 Å². The lowest BCUT2D eigenvalue weighted by atomic mass is 10.1. The lowest BCUT2D eigenvalue weighted by Gasteiger charge is -2.26. The fourth-order valence-electron chi connectivity index (χ4n) is 2.58. The van der Waals surface area contributed by atoms with Crippen LogP contribution in [0.2, 0.25) is 0 Å². The molecule has 1 aromatic carbocycles. The van der Waals surface area contributed by atoms with Crippen molar-refractivity contribution < 1.29 is 9.53 Å². The molecule has 3 N–H and O–H groups in total. The fraction of sp³-hybridized carbons (Fsp3) is 0.556. The number of guanidine groups is 1. The zero-order valence-corrected chi connectivity index (χ0v) is 15.2. The molecule has 1 aliphatic rings. The van der Waals surface area contributed by atoms with Gasteiger partial charge in [-0.15, -0.1) is 0 Å². The van der Waals surface area contributed by atoms with Gasteiger partial charge in [0.1, 0.15) is 0 Å². The maximum atomic E-state index is 11.6. The smallest absolute Gasteiger partial charge is 0.251 e. The van der Waals surface area contributed by atoms with Crippen molar-refractivity contribution in [3.63, 3.8) is 0 Å². The van der Waals surface area contributed by atoms with Crippen molar-refractivity contribution in [2.24, 2.45) is 4.99 Å². The molecule has 138 valence electrons. The third-order valence-corrected chi connectivity index (χ3v) is 4.03. The molecule has 0 spiro atoms. The minimum atomic E-state index is -0.0758. The molecule has 0 saturated carbocycles. The van der Waals surface area contributed by atoms with Gasteiger partial charge in [0.15, 0.2) is 5.96 Å². The Kier molecular flexibility index (Phi) is 8.21. The molecule has 1 fully saturated rings. The Labute approximate surface area is 149 Å². The van der Waals surface area contributed by atoms with E-state index in [4.69, 9.17) is 4.74 Å². The van der Waals surface area contributed by atoms with E-state index in [0.29, 0.717) is 12.1 Å². The van der Waals surface area contributed by atoms with Gasteiger partial charge in [-0.1, -0.05) is 12.1 Å². The van der Waals surface area contributed by atoms with E-state index in [-0.39, 0.29) is 5.91 Å². The summed E-state index contributed by atoms with van der Waals surface area (Å²) in [5, 5.41) is 9.25. The third kappa shape index (κ3) is 6.72. The average Bonchev–Trinajstić information content (AvgIpc) is 2.66. The zero-order chi connectivity index (χ0) is 17.9. The van der Waals surface area contributed by atoms with Gasteiger partial charge in [0.25, 0.3) is 5.91 Å². The predicted molar refractivity (Wildman–Crippen MR) is 99.9 cm³/mol. The van der Waals surface area contributed by atoms with Crippen LogP contribution in [0, 0.1) is 0 Å². The van der Waals surface area contributed by atoms with E-state index in [1.54, 1.807) is 7.05 Å². The molecule has 0 radical (unpaired) electrons. The van der Waals surface area contributed by atoms with Crippen LogP contribution in [0.3, 0.4) is 0 Å². The maximum absolute atomic E-state index is 11.6. The summed E-state index contributed by atoms with van der Waals surface area (Å²) in [4.78, 5) is 18.6. The molecular weight excluding hydrogens is 318 g/mol. The molecule has 0 aliphatic carbocycles. The summed E-state index contributed by atoms with van der Waals surface area (Å²) >= 11 is 0. The Balaban J connectivity index is 1.82. The topological polar surface area (TPSA) is 78.0 Å². The number of benzene rings is 1. The highest BCUT2D eigenvalue weighted by molar-refractivity contribution is 5.93. The van der Waals surface area contributed by atoms with E-state index in [1.807, 2.05) is 24.3 Å². The van der Waals surface area contributed by atoms with Crippen molar-refractivity contribution in [2.45, 2.75) is 13.5 Å². The molecule has 1 aromatic rings. The second-order valence-corrected chi connectivity index (χ2v) is 5.85. The van der Waals surface area contributed by atoms with Crippen molar-refractivity contribution in [1.82, 2.24) is 20.9 Å². The normalized spacial score (nSPS) is 15.7. The second-order valence-electron chi connectivity index (χ2n) is 5.85. The first-order chi connectivity index (χ1) is 12.2. The minimum absolute atomic E-state index is 0.0758. The van der Waals surface area contributed by atoms with E-state index >= 15 is 0 Å². The Morgan fingerprint density at radius 2 is 1.92 bits per heavy atom. The van der Waals surface area contributed by atoms with Gasteiger partial charge in [0.2, 0.25) is 0 Å². The predicted octanol–water partition coefficient (Wildman–Crippen LogP) is 0.434. The number of rotatable bonds is 7. The molecule has 0 atom stereocenters. The highest BCUT2D eigenvalue weighted by atomic mass is 16.5. The number of hydrogen-bond acceptors (Lipinski definition) is 4. The van der Waals surface area contributed by atoms with Gasteiger partial charge in [0, 0.05) is 45.3 Å². The molecule has 0 unspecified atom stereocenters. The Morgan fingerprint density at radius 3 is 2.56 bits per heavy atom. The number of carbonyl (C=O) groups is 1. The summed E-state index contributed by atoms with van der Waals surface area (Å²) in [5.41, 5.74) is 1.73. The number of aliphatic imine (C=N–C) groups is 1. The number of morpholine rings is 1. The van der Waals surface area contributed by atoms with Crippen molar-refractivity contribution in [3.8, 4) is 0 Å². The van der Waals surface area contributed by atoms with Crippen molar-refractivity contribution >= 4 is 11.9 Å². The Hall–Kier alpha value is -2.12. The highest BCUT2D eigenvalue weighted by Gasteiger charge is 2.09. The minimum Gasteiger partial charge on any atom is -0.379 e. The molecule has 25 heavy (non-hydrogen) atoms. The summed E-state index contributed by atoms with van der Waals surface area (Å²) in [6, 6.07) is 7.52. The van der Waals surface area contributed by atoms with Gasteiger partial charge >= 0.3 is 0 Å². The van der Waals surface area contributed by atoms with Crippen LogP contribution in [0.25, 0.3) is 0 Å². The lowest BCUT2D eigenvalue weighted by molar-refractivity contribution is 0.0389. The molecule has 1 aliphatic heterocycles. The number of nitrogens with one attached hydrogen (secondary N) is 3. The molecule has 1 saturated heterocycles. The summed E-state index contributed by atoms with van der Waals surface area (Å²) in [7, 11) is 1.63. The quantitative estimate of drug-likeness (QED) is 0.493. The molecule has 0 aromatic heterocycles. The third-order valence-electron chi connectivity index (χ3n) is 4.03. The molecule has 2 rings (SSSR count). The van der Waals surface area contributed by atoms with E-state index in [9.17, 15) is 4.79 Å². The van der Waals surface area contributed by atoms with Crippen LogP contribution < -0.4 is 16.0 Å². The lowest BCUT2D eigenvalue weighted by Crippen LogP contribution is -2.44. The largest absolute Gasteiger partial charge is 0.379 e. The average molecular weight is 347 g/mol. The van der Waals surface area contributed by atoms with Gasteiger partial charge < -0.3 is 20.7 Å². The zero-order valence-electron chi connectivity index (χ0n) is 15.2. The van der Waals surface area contributed by atoms with Crippen LogP contribution in [0.4, 0.5) is 0 Å².